The van der Waals surface area contributed by atoms with E-state index in [1.165, 1.54) is 11.5 Å². The topological polar surface area (TPSA) is 73.1 Å². The van der Waals surface area contributed by atoms with Gasteiger partial charge in [-0.15, -0.1) is 0 Å². The van der Waals surface area contributed by atoms with Crippen LogP contribution in [-0.2, 0) is 4.74 Å². The minimum absolute atomic E-state index is 0.228. The molecule has 0 atom stereocenters. The van der Waals surface area contributed by atoms with Crippen molar-refractivity contribution in [3.63, 3.8) is 0 Å². The molecule has 3 heterocycles. The van der Waals surface area contributed by atoms with Crippen LogP contribution in [0.1, 0.15) is 64.4 Å². The Morgan fingerprint density at radius 2 is 1.97 bits per heavy atom. The number of rotatable bonds is 3. The van der Waals surface area contributed by atoms with Crippen molar-refractivity contribution in [1.29, 1.82) is 0 Å². The third kappa shape index (κ3) is 4.33. The molecule has 1 fully saturated rings. The Labute approximate surface area is 181 Å². The first-order chi connectivity index (χ1) is 14.2. The van der Waals surface area contributed by atoms with Gasteiger partial charge in [0.15, 0.2) is 5.82 Å². The predicted molar refractivity (Wildman–Crippen MR) is 119 cm³/mol. The van der Waals surface area contributed by atoms with E-state index in [4.69, 9.17) is 9.72 Å². The van der Waals surface area contributed by atoms with Crippen molar-refractivity contribution in [2.24, 2.45) is 0 Å². The highest BCUT2D eigenvalue weighted by atomic mass is 32.1. The van der Waals surface area contributed by atoms with Gasteiger partial charge in [-0.05, 0) is 65.1 Å². The highest BCUT2D eigenvalue weighted by Crippen LogP contribution is 2.32. The van der Waals surface area contributed by atoms with Crippen molar-refractivity contribution >= 4 is 28.5 Å². The Bertz CT molecular complexity index is 1040. The van der Waals surface area contributed by atoms with E-state index in [1.807, 2.05) is 31.6 Å². The maximum absolute atomic E-state index is 12.3. The summed E-state index contributed by atoms with van der Waals surface area (Å²) in [6.45, 7) is 11.3. The van der Waals surface area contributed by atoms with Crippen molar-refractivity contribution < 1.29 is 9.53 Å². The summed E-state index contributed by atoms with van der Waals surface area (Å²) in [5.41, 5.74) is 1.65. The van der Waals surface area contributed by atoms with Gasteiger partial charge in [-0.1, -0.05) is 12.1 Å². The average Bonchev–Trinajstić information content (AvgIpc) is 3.33. The number of carbonyl (C=O) groups is 1. The Kier molecular flexibility index (Phi) is 5.53. The molecule has 0 bridgehead atoms. The summed E-state index contributed by atoms with van der Waals surface area (Å²) < 4.78 is 12.1. The third-order valence-electron chi connectivity index (χ3n) is 5.28. The van der Waals surface area contributed by atoms with Gasteiger partial charge >= 0.3 is 6.09 Å². The summed E-state index contributed by atoms with van der Waals surface area (Å²) >= 11 is 1.47. The lowest BCUT2D eigenvalue weighted by Gasteiger charge is -2.32. The minimum atomic E-state index is -0.464. The first kappa shape index (κ1) is 20.8. The number of ether oxygens (including phenoxy) is 1. The van der Waals surface area contributed by atoms with Gasteiger partial charge < -0.3 is 9.64 Å². The molecule has 160 valence electrons. The molecule has 0 aliphatic carbocycles. The molecule has 0 radical (unpaired) electrons. The standard InChI is InChI=1S/C22H29N5O2S/c1-14(2)27-18-12-16(6-7-17(18)13-23-27)19-24-20(30-25-19)15-8-10-26(11-9-15)21(28)29-22(3,4)5/h6-7,12-15H,8-11H2,1-5H3. The van der Waals surface area contributed by atoms with Crippen molar-refractivity contribution in [1.82, 2.24) is 24.0 Å². The van der Waals surface area contributed by atoms with E-state index < -0.39 is 5.60 Å². The zero-order valence-corrected chi connectivity index (χ0v) is 19.1. The van der Waals surface area contributed by atoms with E-state index in [2.05, 4.69) is 41.5 Å². The van der Waals surface area contributed by atoms with Crippen LogP contribution in [0.5, 0.6) is 0 Å². The fourth-order valence-electron chi connectivity index (χ4n) is 3.74. The number of carbonyl (C=O) groups excluding carboxylic acids is 1. The number of aromatic nitrogens is 4. The van der Waals surface area contributed by atoms with Crippen LogP contribution in [0.2, 0.25) is 0 Å². The molecule has 1 saturated heterocycles. The lowest BCUT2D eigenvalue weighted by atomic mass is 9.98. The quantitative estimate of drug-likeness (QED) is 0.571. The molecule has 1 aliphatic heterocycles. The molecule has 30 heavy (non-hydrogen) atoms. The first-order valence-electron chi connectivity index (χ1n) is 10.5. The van der Waals surface area contributed by atoms with Crippen LogP contribution >= 0.6 is 11.5 Å². The van der Waals surface area contributed by atoms with Crippen LogP contribution in [0.4, 0.5) is 4.79 Å². The highest BCUT2D eigenvalue weighted by molar-refractivity contribution is 7.05. The zero-order chi connectivity index (χ0) is 21.5. The van der Waals surface area contributed by atoms with Crippen LogP contribution in [-0.4, -0.2) is 48.8 Å². The molecule has 1 amide bonds. The normalized spacial score (nSPS) is 15.9. The van der Waals surface area contributed by atoms with Crippen LogP contribution in [0.25, 0.3) is 22.3 Å². The number of likely N-dealkylation sites (tertiary alicyclic amines) is 1. The average molecular weight is 428 g/mol. The smallest absolute Gasteiger partial charge is 0.410 e. The Morgan fingerprint density at radius 3 is 2.63 bits per heavy atom. The van der Waals surface area contributed by atoms with E-state index in [-0.39, 0.29) is 6.09 Å². The summed E-state index contributed by atoms with van der Waals surface area (Å²) in [6.07, 6.45) is 3.44. The molecule has 8 heteroatoms. The van der Waals surface area contributed by atoms with Gasteiger partial charge in [0.2, 0.25) is 0 Å². The number of fused-ring (bicyclic) bond motifs is 1. The van der Waals surface area contributed by atoms with E-state index in [0.29, 0.717) is 25.0 Å². The fourth-order valence-corrected chi connectivity index (χ4v) is 4.58. The van der Waals surface area contributed by atoms with E-state index in [9.17, 15) is 4.79 Å². The van der Waals surface area contributed by atoms with Crippen molar-refractivity contribution in [3.05, 3.63) is 29.4 Å². The lowest BCUT2D eigenvalue weighted by molar-refractivity contribution is 0.0205. The Hall–Kier alpha value is -2.48. The molecule has 1 aromatic carbocycles. The predicted octanol–water partition coefficient (Wildman–Crippen LogP) is 5.25. The van der Waals surface area contributed by atoms with Crippen LogP contribution in [0, 0.1) is 0 Å². The summed E-state index contributed by atoms with van der Waals surface area (Å²) in [5, 5.41) is 6.66. The van der Waals surface area contributed by atoms with Crippen molar-refractivity contribution in [3.8, 4) is 11.4 Å². The maximum Gasteiger partial charge on any atom is 0.410 e. The number of hydrogen-bond donors (Lipinski definition) is 0. The van der Waals surface area contributed by atoms with Crippen LogP contribution in [0.3, 0.4) is 0 Å². The van der Waals surface area contributed by atoms with E-state index >= 15 is 0 Å². The number of piperidine rings is 1. The van der Waals surface area contributed by atoms with Crippen molar-refractivity contribution in [2.75, 3.05) is 13.1 Å². The van der Waals surface area contributed by atoms with E-state index in [1.54, 1.807) is 4.90 Å². The van der Waals surface area contributed by atoms with Gasteiger partial charge in [0.1, 0.15) is 10.6 Å². The zero-order valence-electron chi connectivity index (χ0n) is 18.3. The van der Waals surface area contributed by atoms with Crippen molar-refractivity contribution in [2.45, 2.75) is 65.0 Å². The molecule has 1 aliphatic rings. The van der Waals surface area contributed by atoms with Crippen LogP contribution in [0.15, 0.2) is 24.4 Å². The molecule has 0 N–H and O–H groups in total. The Morgan fingerprint density at radius 1 is 1.23 bits per heavy atom. The number of benzene rings is 1. The summed E-state index contributed by atoms with van der Waals surface area (Å²) in [7, 11) is 0. The second kappa shape index (κ2) is 7.98. The maximum atomic E-state index is 12.3. The molecule has 0 saturated carbocycles. The second-order valence-corrected chi connectivity index (χ2v) is 9.94. The number of amides is 1. The molecule has 0 unspecified atom stereocenters. The molecule has 2 aromatic heterocycles. The van der Waals surface area contributed by atoms with Gasteiger partial charge in [-0.25, -0.2) is 9.78 Å². The van der Waals surface area contributed by atoms with Gasteiger partial charge in [-0.2, -0.15) is 9.47 Å². The van der Waals surface area contributed by atoms with Gasteiger partial charge in [0.05, 0.1) is 11.7 Å². The fraction of sp³-hybridized carbons (Fsp3) is 0.545. The highest BCUT2D eigenvalue weighted by Gasteiger charge is 2.29. The van der Waals surface area contributed by atoms with Gasteiger partial charge in [-0.3, -0.25) is 4.68 Å². The molecular weight excluding hydrogens is 398 g/mol. The third-order valence-corrected chi connectivity index (χ3v) is 6.16. The van der Waals surface area contributed by atoms with Gasteiger partial charge in [0.25, 0.3) is 0 Å². The first-order valence-corrected chi connectivity index (χ1v) is 11.3. The number of hydrogen-bond acceptors (Lipinski definition) is 6. The van der Waals surface area contributed by atoms with Gasteiger partial charge in [0, 0.05) is 36.0 Å². The summed E-state index contributed by atoms with van der Waals surface area (Å²) in [6, 6.07) is 6.56. The molecule has 7 nitrogen and oxygen atoms in total. The summed E-state index contributed by atoms with van der Waals surface area (Å²) in [4.78, 5) is 18.9. The molecule has 3 aromatic rings. The molecular formula is C22H29N5O2S. The summed E-state index contributed by atoms with van der Waals surface area (Å²) in [5.74, 6) is 1.10. The lowest BCUT2D eigenvalue weighted by Crippen LogP contribution is -2.41. The molecule has 4 rings (SSSR count). The van der Waals surface area contributed by atoms with E-state index in [0.717, 1.165) is 40.1 Å². The number of nitrogens with zero attached hydrogens (tertiary/aromatic N) is 5. The largest absolute Gasteiger partial charge is 0.444 e. The second-order valence-electron chi connectivity index (χ2n) is 9.15. The monoisotopic (exact) mass is 427 g/mol. The SMILES string of the molecule is CC(C)n1ncc2ccc(-c3nsc(C4CCN(C(=O)OC(C)(C)C)CC4)n3)cc21. The Balaban J connectivity index is 1.46. The van der Waals surface area contributed by atoms with Crippen LogP contribution < -0.4 is 0 Å². The molecule has 0 spiro atoms. The minimum Gasteiger partial charge on any atom is -0.444 e.